The summed E-state index contributed by atoms with van der Waals surface area (Å²) in [5.74, 6) is 0.950. The zero-order valence-electron chi connectivity index (χ0n) is 20.2. The highest BCUT2D eigenvalue weighted by atomic mass is 32.2. The van der Waals surface area contributed by atoms with E-state index >= 15 is 0 Å². The summed E-state index contributed by atoms with van der Waals surface area (Å²) in [5, 5.41) is 6.04. The highest BCUT2D eigenvalue weighted by molar-refractivity contribution is 8.00. The van der Waals surface area contributed by atoms with Gasteiger partial charge in [0.05, 0.1) is 0 Å². The Balaban J connectivity index is 5.38. The third-order valence-electron chi connectivity index (χ3n) is 5.44. The number of hydrogen-bond donors (Lipinski definition) is 2. The molecule has 0 heterocycles. The minimum Gasteiger partial charge on any atom is -0.355 e. The molecular formula is C24H44N2O2S. The van der Waals surface area contributed by atoms with Crippen molar-refractivity contribution in [3.05, 3.63) is 24.8 Å². The molecule has 0 aromatic rings. The topological polar surface area (TPSA) is 58.2 Å². The van der Waals surface area contributed by atoms with Gasteiger partial charge in [-0.2, -0.15) is 11.8 Å². The second-order valence-corrected chi connectivity index (χ2v) is 11.5. The first-order chi connectivity index (χ1) is 13.1. The third-order valence-corrected chi connectivity index (χ3v) is 7.37. The van der Waals surface area contributed by atoms with E-state index in [0.717, 1.165) is 25.0 Å². The molecule has 0 aromatic carbocycles. The molecule has 0 aliphatic heterocycles. The van der Waals surface area contributed by atoms with Crippen molar-refractivity contribution in [3.63, 3.8) is 0 Å². The minimum atomic E-state index is -0.274. The van der Waals surface area contributed by atoms with Gasteiger partial charge in [0.15, 0.2) is 0 Å². The fraction of sp³-hybridized carbons (Fsp3) is 0.750. The maximum Gasteiger partial charge on any atom is 0.217 e. The van der Waals surface area contributed by atoms with E-state index < -0.39 is 0 Å². The molecule has 4 nitrogen and oxygen atoms in total. The van der Waals surface area contributed by atoms with Crippen molar-refractivity contribution in [1.82, 2.24) is 10.6 Å². The number of rotatable bonds is 13. The second-order valence-electron chi connectivity index (χ2n) is 9.93. The van der Waals surface area contributed by atoms with Gasteiger partial charge in [0, 0.05) is 41.8 Å². The molecule has 2 N–H and O–H groups in total. The van der Waals surface area contributed by atoms with Crippen molar-refractivity contribution < 1.29 is 9.59 Å². The first kappa shape index (κ1) is 27.8. The van der Waals surface area contributed by atoms with Gasteiger partial charge in [0.25, 0.3) is 0 Å². The van der Waals surface area contributed by atoms with Crippen LogP contribution in [0.15, 0.2) is 24.8 Å². The number of amides is 2. The van der Waals surface area contributed by atoms with Gasteiger partial charge in [0.1, 0.15) is 0 Å². The Morgan fingerprint density at radius 2 is 1.59 bits per heavy atom. The largest absolute Gasteiger partial charge is 0.355 e. The Morgan fingerprint density at radius 3 is 2.00 bits per heavy atom. The molecule has 0 aromatic heterocycles. The monoisotopic (exact) mass is 424 g/mol. The summed E-state index contributed by atoms with van der Waals surface area (Å²) in [6.45, 7) is 22.9. The van der Waals surface area contributed by atoms with Crippen LogP contribution in [0.1, 0.15) is 81.6 Å². The lowest BCUT2D eigenvalue weighted by molar-refractivity contribution is -0.121. The summed E-state index contributed by atoms with van der Waals surface area (Å²) >= 11 is 1.98. The molecule has 168 valence electrons. The molecular weight excluding hydrogens is 380 g/mol. The van der Waals surface area contributed by atoms with E-state index in [4.69, 9.17) is 0 Å². The molecule has 0 saturated carbocycles. The van der Waals surface area contributed by atoms with E-state index in [2.05, 4.69) is 77.8 Å². The normalized spacial score (nSPS) is 18.4. The summed E-state index contributed by atoms with van der Waals surface area (Å²) in [6.07, 6.45) is 9.18. The lowest BCUT2D eigenvalue weighted by Crippen LogP contribution is -2.46. The molecule has 0 rings (SSSR count). The molecule has 3 atom stereocenters. The smallest absolute Gasteiger partial charge is 0.217 e. The Kier molecular flexibility index (Phi) is 10.8. The van der Waals surface area contributed by atoms with Crippen LogP contribution in [-0.4, -0.2) is 34.4 Å². The van der Waals surface area contributed by atoms with E-state index in [1.165, 1.54) is 0 Å². The van der Waals surface area contributed by atoms with E-state index in [1.54, 1.807) is 13.8 Å². The molecule has 0 fully saturated rings. The SMILES string of the molecule is C=CC(C)(CNC(C)=O)CC(C)(CC)SCC(C)(C=CC)CC(C)(C)NC(C)=O. The number of thioether (sulfide) groups is 1. The van der Waals surface area contributed by atoms with Crippen molar-refractivity contribution in [1.29, 1.82) is 0 Å². The van der Waals surface area contributed by atoms with Crippen molar-refractivity contribution >= 4 is 23.6 Å². The van der Waals surface area contributed by atoms with Crippen LogP contribution >= 0.6 is 11.8 Å². The van der Waals surface area contributed by atoms with Crippen LogP contribution in [-0.2, 0) is 9.59 Å². The number of carbonyl (C=O) groups is 2. The van der Waals surface area contributed by atoms with Crippen molar-refractivity contribution in [2.75, 3.05) is 12.3 Å². The van der Waals surface area contributed by atoms with Crippen molar-refractivity contribution in [2.24, 2.45) is 10.8 Å². The van der Waals surface area contributed by atoms with E-state index in [-0.39, 0.29) is 32.9 Å². The Bertz CT molecular complexity index is 602. The van der Waals surface area contributed by atoms with E-state index in [0.29, 0.717) is 6.54 Å². The number of hydrogen-bond acceptors (Lipinski definition) is 3. The summed E-state index contributed by atoms with van der Waals surface area (Å²) in [7, 11) is 0. The van der Waals surface area contributed by atoms with Gasteiger partial charge in [-0.1, -0.05) is 45.9 Å². The third kappa shape index (κ3) is 10.9. The zero-order chi connectivity index (χ0) is 22.9. The average molecular weight is 425 g/mol. The summed E-state index contributed by atoms with van der Waals surface area (Å²) < 4.78 is 0.0579. The van der Waals surface area contributed by atoms with Gasteiger partial charge < -0.3 is 10.6 Å². The molecule has 3 unspecified atom stereocenters. The molecule has 0 saturated heterocycles. The minimum absolute atomic E-state index is 0.00333. The van der Waals surface area contributed by atoms with Crippen LogP contribution < -0.4 is 10.6 Å². The lowest BCUT2D eigenvalue weighted by Gasteiger charge is -2.41. The van der Waals surface area contributed by atoms with Crippen LogP contribution in [0.2, 0.25) is 0 Å². The number of nitrogens with one attached hydrogen (secondary N) is 2. The molecule has 0 aliphatic carbocycles. The van der Waals surface area contributed by atoms with Crippen molar-refractivity contribution in [3.8, 4) is 0 Å². The highest BCUT2D eigenvalue weighted by Crippen LogP contribution is 2.44. The Labute approximate surface area is 183 Å². The average Bonchev–Trinajstić information content (AvgIpc) is 2.57. The second kappa shape index (κ2) is 11.2. The predicted octanol–water partition coefficient (Wildman–Crippen LogP) is 5.49. The molecule has 0 bridgehead atoms. The van der Waals surface area contributed by atoms with Gasteiger partial charge in [0.2, 0.25) is 11.8 Å². The molecule has 2 amide bonds. The number of allylic oxidation sites excluding steroid dienone is 2. The van der Waals surface area contributed by atoms with Crippen LogP contribution in [0.3, 0.4) is 0 Å². The van der Waals surface area contributed by atoms with Crippen LogP contribution in [0, 0.1) is 10.8 Å². The molecule has 0 spiro atoms. The predicted molar refractivity (Wildman–Crippen MR) is 128 cm³/mol. The molecule has 29 heavy (non-hydrogen) atoms. The van der Waals surface area contributed by atoms with Gasteiger partial charge >= 0.3 is 0 Å². The number of carbonyl (C=O) groups excluding carboxylic acids is 2. The maximum atomic E-state index is 11.6. The molecule has 5 heteroatoms. The maximum absolute atomic E-state index is 11.6. The zero-order valence-corrected chi connectivity index (χ0v) is 21.0. The highest BCUT2D eigenvalue weighted by Gasteiger charge is 2.37. The van der Waals surface area contributed by atoms with Crippen LogP contribution in [0.5, 0.6) is 0 Å². The summed E-state index contributed by atoms with van der Waals surface area (Å²) in [6, 6.07) is 0. The first-order valence-electron chi connectivity index (χ1n) is 10.6. The fourth-order valence-corrected chi connectivity index (χ4v) is 5.61. The fourth-order valence-electron chi connectivity index (χ4n) is 4.10. The van der Waals surface area contributed by atoms with Gasteiger partial charge in [-0.25, -0.2) is 0 Å². The Morgan fingerprint density at radius 1 is 1.00 bits per heavy atom. The standard InChI is InChI=1S/C24H44N2O2S/c1-11-14-23(9,15-21(6,7)26-20(5)28)18-29-24(10,13-3)16-22(8,12-2)17-25-19(4)27/h11-12,14H,2,13,15-18H2,1,3-10H3,(H,25,27)(H,26,28). The van der Waals surface area contributed by atoms with Crippen LogP contribution in [0.4, 0.5) is 0 Å². The molecule has 0 radical (unpaired) electrons. The van der Waals surface area contributed by atoms with Gasteiger partial charge in [-0.05, 0) is 45.4 Å². The van der Waals surface area contributed by atoms with Crippen molar-refractivity contribution in [2.45, 2.75) is 91.9 Å². The lowest BCUT2D eigenvalue weighted by atomic mass is 9.79. The van der Waals surface area contributed by atoms with Gasteiger partial charge in [-0.3, -0.25) is 9.59 Å². The Hall–Kier alpha value is -1.23. The molecule has 0 aliphatic rings. The summed E-state index contributed by atoms with van der Waals surface area (Å²) in [4.78, 5) is 23.0. The van der Waals surface area contributed by atoms with Crippen LogP contribution in [0.25, 0.3) is 0 Å². The quantitative estimate of drug-likeness (QED) is 0.384. The van der Waals surface area contributed by atoms with E-state index in [1.807, 2.05) is 17.8 Å². The van der Waals surface area contributed by atoms with E-state index in [9.17, 15) is 9.59 Å². The summed E-state index contributed by atoms with van der Waals surface area (Å²) in [5.41, 5.74) is -0.468. The van der Waals surface area contributed by atoms with Gasteiger partial charge in [-0.15, -0.1) is 6.58 Å². The first-order valence-corrected chi connectivity index (χ1v) is 11.6.